The van der Waals surface area contributed by atoms with Gasteiger partial charge in [0.1, 0.15) is 5.82 Å². The van der Waals surface area contributed by atoms with Crippen molar-refractivity contribution < 1.29 is 0 Å². The SMILES string of the molecule is CCCC(C)(CC)c1ccc2nc(C(C)(C)C)nc(C)c2c1. The van der Waals surface area contributed by atoms with Gasteiger partial charge in [-0.15, -0.1) is 0 Å². The van der Waals surface area contributed by atoms with Crippen LogP contribution in [0.1, 0.15) is 77.9 Å². The molecule has 2 nitrogen and oxygen atoms in total. The maximum Gasteiger partial charge on any atom is 0.134 e. The van der Waals surface area contributed by atoms with Gasteiger partial charge >= 0.3 is 0 Å². The minimum atomic E-state index is -0.0161. The lowest BCUT2D eigenvalue weighted by molar-refractivity contribution is 0.414. The topological polar surface area (TPSA) is 25.8 Å². The molecule has 0 aliphatic heterocycles. The fourth-order valence-electron chi connectivity index (χ4n) is 3.07. The summed E-state index contributed by atoms with van der Waals surface area (Å²) in [6.07, 6.45) is 3.59. The number of benzene rings is 1. The van der Waals surface area contributed by atoms with Crippen LogP contribution in [-0.2, 0) is 10.8 Å². The lowest BCUT2D eigenvalue weighted by atomic mass is 9.76. The van der Waals surface area contributed by atoms with Crippen molar-refractivity contribution in [2.75, 3.05) is 0 Å². The fraction of sp³-hybridized carbons (Fsp3) is 0.600. The molecule has 0 saturated heterocycles. The molecular formula is C20H30N2. The number of aromatic nitrogens is 2. The van der Waals surface area contributed by atoms with Crippen LogP contribution in [0, 0.1) is 6.92 Å². The second-order valence-electron chi connectivity index (χ2n) is 7.78. The Morgan fingerprint density at radius 3 is 2.23 bits per heavy atom. The molecule has 2 rings (SSSR count). The summed E-state index contributed by atoms with van der Waals surface area (Å²) in [7, 11) is 0. The molecule has 0 aliphatic rings. The molecule has 1 aromatic heterocycles. The van der Waals surface area contributed by atoms with E-state index in [1.807, 2.05) is 0 Å². The summed E-state index contributed by atoms with van der Waals surface area (Å²) in [5, 5.41) is 1.20. The van der Waals surface area contributed by atoms with E-state index in [9.17, 15) is 0 Å². The molecule has 0 radical (unpaired) electrons. The van der Waals surface area contributed by atoms with Crippen molar-refractivity contribution in [3.63, 3.8) is 0 Å². The molecule has 1 unspecified atom stereocenters. The molecule has 120 valence electrons. The number of nitrogens with zero attached hydrogens (tertiary/aromatic N) is 2. The largest absolute Gasteiger partial charge is 0.237 e. The van der Waals surface area contributed by atoms with Crippen LogP contribution < -0.4 is 0 Å². The molecule has 0 aliphatic carbocycles. The van der Waals surface area contributed by atoms with Gasteiger partial charge in [-0.05, 0) is 42.9 Å². The molecule has 2 aromatic rings. The highest BCUT2D eigenvalue weighted by Gasteiger charge is 2.25. The number of hydrogen-bond donors (Lipinski definition) is 0. The first-order valence-corrected chi connectivity index (χ1v) is 8.50. The predicted molar refractivity (Wildman–Crippen MR) is 95.5 cm³/mol. The normalized spacial score (nSPS) is 15.0. The predicted octanol–water partition coefficient (Wildman–Crippen LogP) is 5.70. The van der Waals surface area contributed by atoms with Crippen LogP contribution in [0.25, 0.3) is 10.9 Å². The van der Waals surface area contributed by atoms with Gasteiger partial charge in [0.15, 0.2) is 0 Å². The molecule has 0 N–H and O–H groups in total. The van der Waals surface area contributed by atoms with Crippen molar-refractivity contribution in [2.45, 2.75) is 78.6 Å². The Morgan fingerprint density at radius 1 is 1.00 bits per heavy atom. The maximum atomic E-state index is 4.79. The molecule has 1 atom stereocenters. The molecule has 0 spiro atoms. The van der Waals surface area contributed by atoms with Crippen molar-refractivity contribution in [3.8, 4) is 0 Å². The molecule has 0 bridgehead atoms. The van der Waals surface area contributed by atoms with Crippen molar-refractivity contribution in [1.29, 1.82) is 0 Å². The van der Waals surface area contributed by atoms with Gasteiger partial charge in [-0.3, -0.25) is 0 Å². The van der Waals surface area contributed by atoms with E-state index in [0.717, 1.165) is 23.5 Å². The van der Waals surface area contributed by atoms with Crippen molar-refractivity contribution in [2.24, 2.45) is 0 Å². The average Bonchev–Trinajstić information content (AvgIpc) is 2.46. The molecular weight excluding hydrogens is 268 g/mol. The zero-order chi connectivity index (χ0) is 16.5. The number of fused-ring (bicyclic) bond motifs is 1. The van der Waals surface area contributed by atoms with E-state index in [4.69, 9.17) is 9.97 Å². The van der Waals surface area contributed by atoms with E-state index in [1.165, 1.54) is 23.8 Å². The van der Waals surface area contributed by atoms with Crippen LogP contribution in [0.3, 0.4) is 0 Å². The minimum absolute atomic E-state index is 0.0161. The van der Waals surface area contributed by atoms with Crippen LogP contribution in [0.4, 0.5) is 0 Å². The highest BCUT2D eigenvalue weighted by molar-refractivity contribution is 5.81. The third kappa shape index (κ3) is 3.16. The molecule has 1 aromatic carbocycles. The van der Waals surface area contributed by atoms with E-state index in [-0.39, 0.29) is 10.8 Å². The summed E-state index contributed by atoms with van der Waals surface area (Å²) >= 11 is 0. The first-order chi connectivity index (χ1) is 10.2. The fourth-order valence-corrected chi connectivity index (χ4v) is 3.07. The summed E-state index contributed by atoms with van der Waals surface area (Å²) in [6, 6.07) is 6.76. The quantitative estimate of drug-likeness (QED) is 0.723. The minimum Gasteiger partial charge on any atom is -0.237 e. The lowest BCUT2D eigenvalue weighted by Gasteiger charge is -2.29. The van der Waals surface area contributed by atoms with Crippen LogP contribution in [0.2, 0.25) is 0 Å². The van der Waals surface area contributed by atoms with Crippen LogP contribution >= 0.6 is 0 Å². The third-order valence-electron chi connectivity index (χ3n) is 4.84. The first kappa shape index (κ1) is 16.9. The van der Waals surface area contributed by atoms with Crippen molar-refractivity contribution in [1.82, 2.24) is 9.97 Å². The van der Waals surface area contributed by atoms with Gasteiger partial charge in [-0.1, -0.05) is 54.0 Å². The van der Waals surface area contributed by atoms with Crippen LogP contribution in [0.15, 0.2) is 18.2 Å². The van der Waals surface area contributed by atoms with Gasteiger partial charge in [0.2, 0.25) is 0 Å². The maximum absolute atomic E-state index is 4.79. The second kappa shape index (κ2) is 5.98. The van der Waals surface area contributed by atoms with Crippen LogP contribution in [-0.4, -0.2) is 9.97 Å². The Balaban J connectivity index is 2.59. The van der Waals surface area contributed by atoms with Gasteiger partial charge in [0.25, 0.3) is 0 Å². The highest BCUT2D eigenvalue weighted by Crippen LogP contribution is 2.34. The molecule has 0 amide bonds. The average molecular weight is 298 g/mol. The van der Waals surface area contributed by atoms with Crippen molar-refractivity contribution in [3.05, 3.63) is 35.3 Å². The zero-order valence-electron chi connectivity index (χ0n) is 15.2. The van der Waals surface area contributed by atoms with Gasteiger partial charge in [-0.25, -0.2) is 9.97 Å². The number of rotatable bonds is 4. The highest BCUT2D eigenvalue weighted by atomic mass is 14.9. The Morgan fingerprint density at radius 2 is 1.68 bits per heavy atom. The summed E-state index contributed by atoms with van der Waals surface area (Å²) in [6.45, 7) is 15.5. The molecule has 0 fully saturated rings. The molecule has 2 heteroatoms. The zero-order valence-corrected chi connectivity index (χ0v) is 15.2. The van der Waals surface area contributed by atoms with E-state index < -0.39 is 0 Å². The first-order valence-electron chi connectivity index (χ1n) is 8.50. The lowest BCUT2D eigenvalue weighted by Crippen LogP contribution is -2.21. The van der Waals surface area contributed by atoms with Gasteiger partial charge in [-0.2, -0.15) is 0 Å². The van der Waals surface area contributed by atoms with Gasteiger partial charge < -0.3 is 0 Å². The van der Waals surface area contributed by atoms with E-state index in [2.05, 4.69) is 66.7 Å². The third-order valence-corrected chi connectivity index (χ3v) is 4.84. The molecule has 1 heterocycles. The summed E-state index contributed by atoms with van der Waals surface area (Å²) in [5.41, 5.74) is 3.80. The summed E-state index contributed by atoms with van der Waals surface area (Å²) < 4.78 is 0. The standard InChI is InChI=1S/C20H30N2/c1-8-12-20(7,9-2)15-10-11-17-16(13-15)14(3)21-18(22-17)19(4,5)6/h10-11,13H,8-9,12H2,1-7H3. The van der Waals surface area contributed by atoms with Gasteiger partial charge in [0.05, 0.1) is 5.52 Å². The van der Waals surface area contributed by atoms with E-state index >= 15 is 0 Å². The van der Waals surface area contributed by atoms with Crippen LogP contribution in [0.5, 0.6) is 0 Å². The van der Waals surface area contributed by atoms with Crippen molar-refractivity contribution >= 4 is 10.9 Å². The molecule has 22 heavy (non-hydrogen) atoms. The molecule has 0 saturated carbocycles. The smallest absolute Gasteiger partial charge is 0.134 e. The Hall–Kier alpha value is -1.44. The van der Waals surface area contributed by atoms with E-state index in [1.54, 1.807) is 0 Å². The Kier molecular flexibility index (Phi) is 4.60. The Labute approximate surface area is 135 Å². The Bertz CT molecular complexity index is 667. The summed E-state index contributed by atoms with van der Waals surface area (Å²) in [4.78, 5) is 9.55. The second-order valence-corrected chi connectivity index (χ2v) is 7.78. The number of hydrogen-bond acceptors (Lipinski definition) is 2. The number of aryl methyl sites for hydroxylation is 1. The monoisotopic (exact) mass is 298 g/mol. The van der Waals surface area contributed by atoms with Gasteiger partial charge in [0, 0.05) is 16.5 Å². The summed E-state index contributed by atoms with van der Waals surface area (Å²) in [5.74, 6) is 0.928. The van der Waals surface area contributed by atoms with E-state index in [0.29, 0.717) is 0 Å².